The van der Waals surface area contributed by atoms with Crippen molar-refractivity contribution in [1.29, 1.82) is 0 Å². The van der Waals surface area contributed by atoms with Crippen LogP contribution in [0.2, 0.25) is 0 Å². The lowest BCUT2D eigenvalue weighted by Crippen LogP contribution is -2.31. The number of hydrogen-bond donors (Lipinski definition) is 3. The SMILES string of the molecule is CO[C@H]1C[C@@H](c2nnn[nH]2)C[C@@H]1ON(O)O. The van der Waals surface area contributed by atoms with Crippen LogP contribution in [0.5, 0.6) is 0 Å². The molecule has 9 heteroatoms. The van der Waals surface area contributed by atoms with Crippen molar-refractivity contribution in [3.05, 3.63) is 5.82 Å². The molecule has 9 nitrogen and oxygen atoms in total. The predicted molar refractivity (Wildman–Crippen MR) is 47.2 cm³/mol. The first kappa shape index (κ1) is 11.4. The minimum atomic E-state index is -0.435. The second-order valence-electron chi connectivity index (χ2n) is 3.63. The van der Waals surface area contributed by atoms with Gasteiger partial charge in [-0.15, -0.1) is 5.10 Å². The van der Waals surface area contributed by atoms with E-state index in [1.807, 2.05) is 0 Å². The van der Waals surface area contributed by atoms with E-state index in [0.717, 1.165) is 0 Å². The Morgan fingerprint density at radius 3 is 2.69 bits per heavy atom. The molecule has 1 aliphatic rings. The van der Waals surface area contributed by atoms with Crippen LogP contribution in [0.4, 0.5) is 0 Å². The molecule has 1 saturated carbocycles. The van der Waals surface area contributed by atoms with E-state index in [-0.39, 0.29) is 17.4 Å². The van der Waals surface area contributed by atoms with E-state index in [2.05, 4.69) is 20.6 Å². The minimum Gasteiger partial charge on any atom is -0.379 e. The van der Waals surface area contributed by atoms with Gasteiger partial charge in [-0.1, -0.05) is 0 Å². The summed E-state index contributed by atoms with van der Waals surface area (Å²) in [5.41, 5.74) is 0. The van der Waals surface area contributed by atoms with Crippen LogP contribution in [0, 0.1) is 0 Å². The third-order valence-corrected chi connectivity index (χ3v) is 2.73. The lowest BCUT2D eigenvalue weighted by molar-refractivity contribution is -0.507. The van der Waals surface area contributed by atoms with Gasteiger partial charge in [0.15, 0.2) is 5.82 Å². The van der Waals surface area contributed by atoms with Crippen LogP contribution in [-0.4, -0.2) is 55.7 Å². The monoisotopic (exact) mass is 231 g/mol. The standard InChI is InChI=1S/C7H13N5O4/c1-15-5-2-4(7-8-10-11-9-7)3-6(5)16-12(13)14/h4-6,13-14H,2-3H2,1H3,(H,8,9,10,11)/t4-,5+,6+/m1/s1. The molecular formula is C7H13N5O4. The Kier molecular flexibility index (Phi) is 3.41. The fourth-order valence-corrected chi connectivity index (χ4v) is 2.00. The molecule has 1 heterocycles. The Balaban J connectivity index is 2.01. The van der Waals surface area contributed by atoms with Crippen molar-refractivity contribution in [3.63, 3.8) is 0 Å². The van der Waals surface area contributed by atoms with Crippen molar-refractivity contribution in [2.24, 2.45) is 0 Å². The molecular weight excluding hydrogens is 218 g/mol. The zero-order valence-corrected chi connectivity index (χ0v) is 8.65. The van der Waals surface area contributed by atoms with E-state index in [0.29, 0.717) is 18.7 Å². The molecule has 1 fully saturated rings. The van der Waals surface area contributed by atoms with Gasteiger partial charge in [-0.2, -0.15) is 0 Å². The van der Waals surface area contributed by atoms with E-state index in [4.69, 9.17) is 20.0 Å². The highest BCUT2D eigenvalue weighted by atomic mass is 17.1. The van der Waals surface area contributed by atoms with Gasteiger partial charge in [0.1, 0.15) is 6.10 Å². The molecule has 2 rings (SSSR count). The van der Waals surface area contributed by atoms with Crippen LogP contribution in [-0.2, 0) is 9.57 Å². The van der Waals surface area contributed by atoms with Gasteiger partial charge in [0.25, 0.3) is 0 Å². The van der Waals surface area contributed by atoms with Gasteiger partial charge < -0.3 is 4.74 Å². The summed E-state index contributed by atoms with van der Waals surface area (Å²) in [5.74, 6) is 0.709. The van der Waals surface area contributed by atoms with Gasteiger partial charge in [-0.05, 0) is 23.3 Å². The Morgan fingerprint density at radius 2 is 2.12 bits per heavy atom. The average Bonchev–Trinajstić information content (AvgIpc) is 2.83. The highest BCUT2D eigenvalue weighted by Gasteiger charge is 2.39. The smallest absolute Gasteiger partial charge is 0.151 e. The summed E-state index contributed by atoms with van der Waals surface area (Å²) >= 11 is 0. The van der Waals surface area contributed by atoms with Crippen LogP contribution < -0.4 is 0 Å². The van der Waals surface area contributed by atoms with Gasteiger partial charge in [0.05, 0.1) is 11.5 Å². The average molecular weight is 231 g/mol. The van der Waals surface area contributed by atoms with Crippen LogP contribution >= 0.6 is 0 Å². The highest BCUT2D eigenvalue weighted by Crippen LogP contribution is 2.35. The Hall–Kier alpha value is -1.13. The first-order valence-electron chi connectivity index (χ1n) is 4.81. The van der Waals surface area contributed by atoms with Crippen LogP contribution in [0.25, 0.3) is 0 Å². The van der Waals surface area contributed by atoms with E-state index in [1.165, 1.54) is 0 Å². The van der Waals surface area contributed by atoms with Gasteiger partial charge in [0.2, 0.25) is 0 Å². The highest BCUT2D eigenvalue weighted by molar-refractivity contribution is 5.00. The molecule has 0 bridgehead atoms. The Labute approximate surface area is 90.8 Å². The fourth-order valence-electron chi connectivity index (χ4n) is 2.00. The summed E-state index contributed by atoms with van der Waals surface area (Å²) in [6, 6.07) is 0. The fraction of sp³-hybridized carbons (Fsp3) is 0.857. The molecule has 1 aliphatic carbocycles. The second kappa shape index (κ2) is 4.80. The number of hydrogen-bond acceptors (Lipinski definition) is 8. The number of H-pyrrole nitrogens is 1. The summed E-state index contributed by atoms with van der Waals surface area (Å²) in [7, 11) is 1.54. The van der Waals surface area contributed by atoms with E-state index < -0.39 is 6.10 Å². The summed E-state index contributed by atoms with van der Waals surface area (Å²) < 4.78 is 5.20. The molecule has 0 saturated heterocycles. The molecule has 0 unspecified atom stereocenters. The first-order chi connectivity index (χ1) is 7.70. The molecule has 0 aromatic carbocycles. The maximum Gasteiger partial charge on any atom is 0.151 e. The summed E-state index contributed by atoms with van der Waals surface area (Å²) in [4.78, 5) is 4.78. The van der Waals surface area contributed by atoms with Crippen molar-refractivity contribution in [3.8, 4) is 0 Å². The van der Waals surface area contributed by atoms with Gasteiger partial charge in [-0.25, -0.2) is 9.94 Å². The topological polar surface area (TPSA) is 117 Å². The van der Waals surface area contributed by atoms with E-state index in [1.54, 1.807) is 7.11 Å². The summed E-state index contributed by atoms with van der Waals surface area (Å²) in [6.45, 7) is 0. The predicted octanol–water partition coefficient (Wildman–Crippen LogP) is -0.527. The van der Waals surface area contributed by atoms with Gasteiger partial charge >= 0.3 is 0 Å². The third-order valence-electron chi connectivity index (χ3n) is 2.73. The molecule has 1 aromatic rings. The van der Waals surface area contributed by atoms with Crippen LogP contribution in [0.1, 0.15) is 24.6 Å². The number of nitrogens with zero attached hydrogens (tertiary/aromatic N) is 4. The van der Waals surface area contributed by atoms with Crippen LogP contribution in [0.3, 0.4) is 0 Å². The van der Waals surface area contributed by atoms with E-state index in [9.17, 15) is 0 Å². The van der Waals surface area contributed by atoms with Crippen molar-refractivity contribution in [1.82, 2.24) is 26.0 Å². The Morgan fingerprint density at radius 1 is 1.38 bits per heavy atom. The lowest BCUT2D eigenvalue weighted by atomic mass is 10.1. The van der Waals surface area contributed by atoms with Gasteiger partial charge in [0, 0.05) is 13.0 Å². The first-order valence-corrected chi connectivity index (χ1v) is 4.81. The van der Waals surface area contributed by atoms with E-state index >= 15 is 0 Å². The van der Waals surface area contributed by atoms with Crippen molar-refractivity contribution >= 4 is 0 Å². The maximum atomic E-state index is 8.61. The largest absolute Gasteiger partial charge is 0.379 e. The molecule has 3 N–H and O–H groups in total. The zero-order chi connectivity index (χ0) is 11.5. The summed E-state index contributed by atoms with van der Waals surface area (Å²) in [6.07, 6.45) is 0.547. The minimum absolute atomic E-state index is 0.0601. The number of aromatic nitrogens is 4. The van der Waals surface area contributed by atoms with Crippen molar-refractivity contribution in [2.75, 3.05) is 7.11 Å². The lowest BCUT2D eigenvalue weighted by Gasteiger charge is -2.18. The number of methoxy groups -OCH3 is 1. The number of aromatic amines is 1. The third kappa shape index (κ3) is 2.33. The number of ether oxygens (including phenoxy) is 1. The molecule has 16 heavy (non-hydrogen) atoms. The molecule has 0 spiro atoms. The van der Waals surface area contributed by atoms with Crippen LogP contribution in [0.15, 0.2) is 0 Å². The number of nitrogens with one attached hydrogen (secondary N) is 1. The molecule has 0 amide bonds. The molecule has 3 atom stereocenters. The second-order valence-corrected chi connectivity index (χ2v) is 3.63. The number of rotatable bonds is 4. The molecule has 0 aliphatic heterocycles. The van der Waals surface area contributed by atoms with Crippen molar-refractivity contribution < 1.29 is 20.0 Å². The maximum absolute atomic E-state index is 8.61. The quantitative estimate of drug-likeness (QED) is 0.592. The van der Waals surface area contributed by atoms with Crippen molar-refractivity contribution in [2.45, 2.75) is 31.0 Å². The molecule has 0 radical (unpaired) electrons. The zero-order valence-electron chi connectivity index (χ0n) is 8.65. The molecule has 1 aromatic heterocycles. The number of tetrazole rings is 1. The normalized spacial score (nSPS) is 30.1. The summed E-state index contributed by atoms with van der Waals surface area (Å²) in [5, 5.41) is 30.4. The molecule has 90 valence electrons. The Bertz CT molecular complexity index is 319. The van der Waals surface area contributed by atoms with Gasteiger partial charge in [-0.3, -0.25) is 10.4 Å².